The zero-order valence-corrected chi connectivity index (χ0v) is 20.0. The van der Waals surface area contributed by atoms with Crippen LogP contribution in [0.2, 0.25) is 0 Å². The number of allylic oxidation sites excluding steroid dienone is 1. The first-order valence-corrected chi connectivity index (χ1v) is 12.2. The Morgan fingerprint density at radius 3 is 2.11 bits per heavy atom. The number of rotatable bonds is 4. The van der Waals surface area contributed by atoms with Crippen LogP contribution in [0.3, 0.4) is 0 Å². The summed E-state index contributed by atoms with van der Waals surface area (Å²) in [7, 11) is 0. The third-order valence-electron chi connectivity index (χ3n) is 7.18. The van der Waals surface area contributed by atoms with Crippen LogP contribution >= 0.6 is 0 Å². The molecule has 0 fully saturated rings. The van der Waals surface area contributed by atoms with Gasteiger partial charge in [0.25, 0.3) is 5.69 Å². The van der Waals surface area contributed by atoms with Gasteiger partial charge in [-0.1, -0.05) is 84.9 Å². The molecule has 2 aliphatic rings. The Morgan fingerprint density at radius 2 is 1.42 bits per heavy atom. The first-order valence-electron chi connectivity index (χ1n) is 12.2. The highest BCUT2D eigenvalue weighted by Gasteiger charge is 2.43. The topological polar surface area (TPSA) is 90.1 Å². The van der Waals surface area contributed by atoms with E-state index in [4.69, 9.17) is 5.10 Å². The lowest BCUT2D eigenvalue weighted by molar-refractivity contribution is -0.384. The average Bonchev–Trinajstić information content (AvgIpc) is 3.49. The van der Waals surface area contributed by atoms with Crippen LogP contribution in [0.4, 0.5) is 11.5 Å². The van der Waals surface area contributed by atoms with Gasteiger partial charge in [-0.05, 0) is 17.7 Å². The molecule has 1 aliphatic heterocycles. The highest BCUT2D eigenvalue weighted by atomic mass is 16.6. The number of nitro benzene ring substituents is 1. The van der Waals surface area contributed by atoms with E-state index in [1.807, 2.05) is 89.6 Å². The lowest BCUT2D eigenvalue weighted by Crippen LogP contribution is -2.20. The van der Waals surface area contributed by atoms with E-state index < -0.39 is 10.8 Å². The zero-order valence-electron chi connectivity index (χ0n) is 20.0. The maximum atomic E-state index is 13.9. The second kappa shape index (κ2) is 8.38. The summed E-state index contributed by atoms with van der Waals surface area (Å²) in [6.45, 7) is 0. The van der Waals surface area contributed by atoms with Crippen molar-refractivity contribution in [2.45, 2.75) is 5.92 Å². The lowest BCUT2D eigenvalue weighted by atomic mass is 9.80. The third-order valence-corrected chi connectivity index (χ3v) is 7.18. The highest BCUT2D eigenvalue weighted by molar-refractivity contribution is 6.24. The van der Waals surface area contributed by atoms with Crippen LogP contribution in [-0.2, 0) is 0 Å². The van der Waals surface area contributed by atoms with Gasteiger partial charge in [-0.25, -0.2) is 4.68 Å². The summed E-state index contributed by atoms with van der Waals surface area (Å²) in [6, 6.07) is 33.8. The van der Waals surface area contributed by atoms with Gasteiger partial charge in [-0.2, -0.15) is 5.10 Å². The smallest absolute Gasteiger partial charge is 0.269 e. The zero-order chi connectivity index (χ0) is 25.8. The summed E-state index contributed by atoms with van der Waals surface area (Å²) in [5, 5.41) is 20.0. The molecule has 38 heavy (non-hydrogen) atoms. The number of carbonyl (C=O) groups excluding carboxylic acids is 1. The Balaban J connectivity index is 1.54. The van der Waals surface area contributed by atoms with Crippen molar-refractivity contribution in [1.29, 1.82) is 0 Å². The number of hydrogen-bond acceptors (Lipinski definition) is 5. The lowest BCUT2D eigenvalue weighted by Gasteiger charge is -2.27. The minimum absolute atomic E-state index is 0.00130. The highest BCUT2D eigenvalue weighted by Crippen LogP contribution is 2.52. The summed E-state index contributed by atoms with van der Waals surface area (Å²) >= 11 is 0. The monoisotopic (exact) mass is 496 g/mol. The number of nitro groups is 1. The molecule has 1 aromatic heterocycles. The van der Waals surface area contributed by atoms with E-state index in [2.05, 4.69) is 5.32 Å². The minimum Gasteiger partial charge on any atom is -0.339 e. The maximum absolute atomic E-state index is 13.9. The fourth-order valence-electron chi connectivity index (χ4n) is 5.49. The first kappa shape index (κ1) is 21.9. The molecule has 5 aromatic rings. The fraction of sp³-hybridized carbons (Fsp3) is 0.0323. The molecule has 7 nitrogen and oxygen atoms in total. The molecule has 0 saturated heterocycles. The van der Waals surface area contributed by atoms with Crippen molar-refractivity contribution < 1.29 is 9.72 Å². The summed E-state index contributed by atoms with van der Waals surface area (Å²) < 4.78 is 1.88. The van der Waals surface area contributed by atoms with Crippen LogP contribution in [0.15, 0.2) is 115 Å². The van der Waals surface area contributed by atoms with E-state index in [1.54, 1.807) is 12.1 Å². The predicted octanol–water partition coefficient (Wildman–Crippen LogP) is 6.61. The number of nitrogens with one attached hydrogen (secondary N) is 1. The van der Waals surface area contributed by atoms with E-state index in [0.29, 0.717) is 11.1 Å². The molecule has 4 aromatic carbocycles. The van der Waals surface area contributed by atoms with Crippen molar-refractivity contribution in [2.75, 3.05) is 5.32 Å². The largest absolute Gasteiger partial charge is 0.339 e. The van der Waals surface area contributed by atoms with E-state index >= 15 is 0 Å². The van der Waals surface area contributed by atoms with Gasteiger partial charge in [0.2, 0.25) is 0 Å². The first-order chi connectivity index (χ1) is 18.6. The second-order valence-corrected chi connectivity index (χ2v) is 9.29. The van der Waals surface area contributed by atoms with Gasteiger partial charge in [0.1, 0.15) is 5.82 Å². The van der Waals surface area contributed by atoms with Crippen molar-refractivity contribution in [3.63, 3.8) is 0 Å². The normalized spacial score (nSPS) is 15.5. The molecule has 0 radical (unpaired) electrons. The quantitative estimate of drug-likeness (QED) is 0.223. The van der Waals surface area contributed by atoms with Gasteiger partial charge in [0.15, 0.2) is 5.78 Å². The van der Waals surface area contributed by atoms with E-state index in [-0.39, 0.29) is 11.5 Å². The fourth-order valence-corrected chi connectivity index (χ4v) is 5.49. The number of hydrogen-bond donors (Lipinski definition) is 1. The molecular weight excluding hydrogens is 476 g/mol. The molecule has 182 valence electrons. The summed E-state index contributed by atoms with van der Waals surface area (Å²) in [5.74, 6) is 0.236. The van der Waals surface area contributed by atoms with Crippen LogP contribution in [0.5, 0.6) is 0 Å². The van der Waals surface area contributed by atoms with Gasteiger partial charge < -0.3 is 5.32 Å². The van der Waals surface area contributed by atoms with Crippen LogP contribution in [0.1, 0.15) is 33.0 Å². The van der Waals surface area contributed by atoms with E-state index in [1.165, 1.54) is 12.1 Å². The number of fused-ring (bicyclic) bond motifs is 3. The van der Waals surface area contributed by atoms with Crippen LogP contribution in [0, 0.1) is 10.1 Å². The van der Waals surface area contributed by atoms with Crippen LogP contribution in [0.25, 0.3) is 22.6 Å². The van der Waals surface area contributed by atoms with Gasteiger partial charge in [-0.15, -0.1) is 0 Å². The number of non-ortho nitro benzene ring substituents is 1. The van der Waals surface area contributed by atoms with Crippen molar-refractivity contribution in [2.24, 2.45) is 0 Å². The Labute approximate surface area is 217 Å². The third kappa shape index (κ3) is 3.22. The summed E-state index contributed by atoms with van der Waals surface area (Å²) in [5.41, 5.74) is 7.04. The van der Waals surface area contributed by atoms with Crippen LogP contribution < -0.4 is 5.32 Å². The Kier molecular flexibility index (Phi) is 4.84. The summed E-state index contributed by atoms with van der Waals surface area (Å²) in [6.07, 6.45) is 0. The van der Waals surface area contributed by atoms with E-state index in [9.17, 15) is 14.9 Å². The number of anilines is 1. The van der Waals surface area contributed by atoms with Gasteiger partial charge in [-0.3, -0.25) is 14.9 Å². The molecule has 0 amide bonds. The molecule has 1 aliphatic carbocycles. The number of Topliss-reactive ketones (excluding diaryl/α,β-unsaturated/α-hetero) is 1. The predicted molar refractivity (Wildman–Crippen MR) is 145 cm³/mol. The number of carbonyl (C=O) groups is 1. The molecule has 2 heterocycles. The van der Waals surface area contributed by atoms with Crippen molar-refractivity contribution in [1.82, 2.24) is 9.78 Å². The molecule has 7 rings (SSSR count). The van der Waals surface area contributed by atoms with Crippen molar-refractivity contribution in [3.8, 4) is 16.9 Å². The van der Waals surface area contributed by atoms with E-state index in [0.717, 1.165) is 45.2 Å². The molecule has 0 spiro atoms. The molecule has 1 atom stereocenters. The molecular formula is C31H20N4O3. The molecule has 0 bridgehead atoms. The van der Waals surface area contributed by atoms with Gasteiger partial charge in [0.05, 0.1) is 22.0 Å². The Morgan fingerprint density at radius 1 is 0.789 bits per heavy atom. The van der Waals surface area contributed by atoms with Crippen molar-refractivity contribution >= 4 is 23.0 Å². The Bertz CT molecular complexity index is 1770. The number of aromatic nitrogens is 2. The second-order valence-electron chi connectivity index (χ2n) is 9.29. The maximum Gasteiger partial charge on any atom is 0.269 e. The number of nitrogens with zero attached hydrogens (tertiary/aromatic N) is 3. The van der Waals surface area contributed by atoms with Gasteiger partial charge >= 0.3 is 0 Å². The Hall–Kier alpha value is -5.30. The van der Waals surface area contributed by atoms with Crippen molar-refractivity contribution in [3.05, 3.63) is 147 Å². The number of ketones is 1. The standard InChI is InChI=1S/C31H20N4O3/c36-30-24-14-8-7-13-23(24)29-26(30)25(19-15-17-22(18-16-19)35(37)38)27-28(20-9-3-1-4-10-20)33-34(31(27)32-29)21-11-5-2-6-12-21/h1-18,25,32H. The van der Waals surface area contributed by atoms with Crippen LogP contribution in [-0.4, -0.2) is 20.5 Å². The minimum atomic E-state index is -0.477. The average molecular weight is 497 g/mol. The SMILES string of the molecule is O=C1C2=C(Nc3c(c(-c4ccccc4)nn3-c3ccccc3)C2c2ccc([N+](=O)[O-])cc2)c2ccccc21. The molecule has 1 unspecified atom stereocenters. The molecule has 1 N–H and O–H groups in total. The van der Waals surface area contributed by atoms with Gasteiger partial charge in [0, 0.05) is 45.9 Å². The number of para-hydroxylation sites is 1. The number of benzene rings is 4. The summed E-state index contributed by atoms with van der Waals surface area (Å²) in [4.78, 5) is 24.9. The molecule has 0 saturated carbocycles. The molecule has 7 heteroatoms.